The molecule has 0 spiro atoms. The molecule has 7 nitrogen and oxygen atoms in total. The van der Waals surface area contributed by atoms with Crippen LogP contribution in [0.4, 0.5) is 0 Å². The normalized spacial score (nSPS) is 23.6. The SMILES string of the molecule is CC1CCCC(C)N1C(=O)COC(=O)c1ccccc1S(=O)(=O)N1CCCCC1. The summed E-state index contributed by atoms with van der Waals surface area (Å²) in [6, 6.07) is 6.28. The predicted molar refractivity (Wildman–Crippen MR) is 109 cm³/mol. The van der Waals surface area contributed by atoms with Gasteiger partial charge in [-0.05, 0) is 58.1 Å². The van der Waals surface area contributed by atoms with Crippen molar-refractivity contribution in [1.29, 1.82) is 0 Å². The molecule has 2 aliphatic heterocycles. The predicted octanol–water partition coefficient (Wildman–Crippen LogP) is 2.81. The molecule has 0 aliphatic carbocycles. The van der Waals surface area contributed by atoms with Crippen LogP contribution in [-0.2, 0) is 19.6 Å². The van der Waals surface area contributed by atoms with Crippen LogP contribution in [0.25, 0.3) is 0 Å². The summed E-state index contributed by atoms with van der Waals surface area (Å²) in [6.07, 6.45) is 5.57. The number of hydrogen-bond acceptors (Lipinski definition) is 5. The number of rotatable bonds is 5. The number of ether oxygens (including phenoxy) is 1. The number of benzene rings is 1. The number of amides is 1. The Balaban J connectivity index is 1.72. The molecule has 1 aromatic rings. The maximum atomic E-state index is 13.0. The molecule has 2 heterocycles. The summed E-state index contributed by atoms with van der Waals surface area (Å²) in [6.45, 7) is 4.52. The first kappa shape index (κ1) is 21.8. The Bertz CT molecular complexity index is 838. The molecule has 0 aromatic heterocycles. The van der Waals surface area contributed by atoms with Crippen LogP contribution < -0.4 is 0 Å². The largest absolute Gasteiger partial charge is 0.452 e. The molecule has 3 rings (SSSR count). The molecule has 160 valence electrons. The summed E-state index contributed by atoms with van der Waals surface area (Å²) in [5, 5.41) is 0. The molecule has 0 saturated carbocycles. The third-order valence-corrected chi connectivity index (χ3v) is 7.80. The maximum Gasteiger partial charge on any atom is 0.340 e. The van der Waals surface area contributed by atoms with Crippen LogP contribution in [0, 0.1) is 0 Å². The second kappa shape index (κ2) is 9.26. The lowest BCUT2D eigenvalue weighted by Crippen LogP contribution is -2.49. The molecule has 2 unspecified atom stereocenters. The molecule has 1 aromatic carbocycles. The van der Waals surface area contributed by atoms with Crippen LogP contribution in [-0.4, -0.2) is 61.3 Å². The molecule has 2 aliphatic rings. The van der Waals surface area contributed by atoms with Crippen molar-refractivity contribution < 1.29 is 22.7 Å². The Labute approximate surface area is 173 Å². The molecule has 0 radical (unpaired) electrons. The first-order valence-electron chi connectivity index (χ1n) is 10.4. The zero-order chi connectivity index (χ0) is 21.0. The zero-order valence-electron chi connectivity index (χ0n) is 17.2. The van der Waals surface area contributed by atoms with E-state index in [2.05, 4.69) is 0 Å². The molecular weight excluding hydrogens is 392 g/mol. The van der Waals surface area contributed by atoms with E-state index in [9.17, 15) is 18.0 Å². The van der Waals surface area contributed by atoms with Crippen molar-refractivity contribution in [3.05, 3.63) is 29.8 Å². The maximum absolute atomic E-state index is 13.0. The quantitative estimate of drug-likeness (QED) is 0.682. The highest BCUT2D eigenvalue weighted by atomic mass is 32.2. The average molecular weight is 423 g/mol. The van der Waals surface area contributed by atoms with Gasteiger partial charge in [0, 0.05) is 25.2 Å². The minimum Gasteiger partial charge on any atom is -0.452 e. The number of carbonyl (C=O) groups excluding carboxylic acids is 2. The lowest BCUT2D eigenvalue weighted by atomic mass is 9.97. The van der Waals surface area contributed by atoms with Gasteiger partial charge < -0.3 is 9.64 Å². The van der Waals surface area contributed by atoms with Gasteiger partial charge in [0.15, 0.2) is 6.61 Å². The lowest BCUT2D eigenvalue weighted by molar-refractivity contribution is -0.140. The van der Waals surface area contributed by atoms with Gasteiger partial charge in [-0.1, -0.05) is 18.6 Å². The van der Waals surface area contributed by atoms with Crippen molar-refractivity contribution in [1.82, 2.24) is 9.21 Å². The fourth-order valence-electron chi connectivity index (χ4n) is 4.30. The van der Waals surface area contributed by atoms with E-state index in [1.54, 1.807) is 17.0 Å². The number of carbonyl (C=O) groups is 2. The van der Waals surface area contributed by atoms with Gasteiger partial charge >= 0.3 is 5.97 Å². The van der Waals surface area contributed by atoms with Gasteiger partial charge in [0.05, 0.1) is 10.5 Å². The van der Waals surface area contributed by atoms with Gasteiger partial charge in [0.25, 0.3) is 5.91 Å². The second-order valence-corrected chi connectivity index (χ2v) is 9.87. The molecular formula is C21H30N2O5S. The van der Waals surface area contributed by atoms with Crippen molar-refractivity contribution in [2.24, 2.45) is 0 Å². The molecule has 2 saturated heterocycles. The topological polar surface area (TPSA) is 84.0 Å². The van der Waals surface area contributed by atoms with Gasteiger partial charge in [-0.2, -0.15) is 4.31 Å². The lowest BCUT2D eigenvalue weighted by Gasteiger charge is -2.38. The zero-order valence-corrected chi connectivity index (χ0v) is 18.0. The van der Waals surface area contributed by atoms with Crippen molar-refractivity contribution >= 4 is 21.9 Å². The van der Waals surface area contributed by atoms with Crippen LogP contribution in [0.5, 0.6) is 0 Å². The van der Waals surface area contributed by atoms with E-state index in [1.807, 2.05) is 13.8 Å². The van der Waals surface area contributed by atoms with E-state index in [0.29, 0.717) is 13.1 Å². The number of likely N-dealkylation sites (tertiary alicyclic amines) is 1. The van der Waals surface area contributed by atoms with E-state index < -0.39 is 16.0 Å². The van der Waals surface area contributed by atoms with Crippen LogP contribution >= 0.6 is 0 Å². The Hall–Kier alpha value is -1.93. The number of hydrogen-bond donors (Lipinski definition) is 0. The first-order chi connectivity index (χ1) is 13.8. The van der Waals surface area contributed by atoms with E-state index in [1.165, 1.54) is 16.4 Å². The Morgan fingerprint density at radius 1 is 1.00 bits per heavy atom. The fraction of sp³-hybridized carbons (Fsp3) is 0.619. The summed E-state index contributed by atoms with van der Waals surface area (Å²) in [7, 11) is -3.78. The standard InChI is InChI=1S/C21H30N2O5S/c1-16-9-8-10-17(2)23(16)20(24)15-28-21(25)18-11-4-5-12-19(18)29(26,27)22-13-6-3-7-14-22/h4-5,11-12,16-17H,3,6-10,13-15H2,1-2H3. The highest BCUT2D eigenvalue weighted by Gasteiger charge is 2.32. The Kier molecular flexibility index (Phi) is 6.95. The van der Waals surface area contributed by atoms with Crippen molar-refractivity contribution in [3.63, 3.8) is 0 Å². The minimum absolute atomic E-state index is 0.0226. The minimum atomic E-state index is -3.78. The number of nitrogens with zero attached hydrogens (tertiary/aromatic N) is 2. The van der Waals surface area contributed by atoms with Crippen molar-refractivity contribution in [3.8, 4) is 0 Å². The van der Waals surface area contributed by atoms with Crippen molar-refractivity contribution in [2.75, 3.05) is 19.7 Å². The van der Waals surface area contributed by atoms with E-state index in [0.717, 1.165) is 38.5 Å². The third kappa shape index (κ3) is 4.80. The number of sulfonamides is 1. The highest BCUT2D eigenvalue weighted by Crippen LogP contribution is 2.25. The van der Waals surface area contributed by atoms with Gasteiger partial charge in [0.2, 0.25) is 10.0 Å². The molecule has 2 atom stereocenters. The summed E-state index contributed by atoms with van der Waals surface area (Å²) < 4.78 is 32.7. The van der Waals surface area contributed by atoms with Crippen molar-refractivity contribution in [2.45, 2.75) is 69.4 Å². The fourth-order valence-corrected chi connectivity index (χ4v) is 5.99. The monoisotopic (exact) mass is 422 g/mol. The number of piperidine rings is 2. The molecule has 2 fully saturated rings. The summed E-state index contributed by atoms with van der Waals surface area (Å²) in [5.41, 5.74) is -0.0226. The Morgan fingerprint density at radius 2 is 1.62 bits per heavy atom. The number of esters is 1. The third-order valence-electron chi connectivity index (χ3n) is 5.85. The van der Waals surface area contributed by atoms with Crippen LogP contribution in [0.1, 0.15) is 62.7 Å². The smallest absolute Gasteiger partial charge is 0.340 e. The first-order valence-corrected chi connectivity index (χ1v) is 11.8. The van der Waals surface area contributed by atoms with Crippen LogP contribution in [0.2, 0.25) is 0 Å². The summed E-state index contributed by atoms with van der Waals surface area (Å²) >= 11 is 0. The van der Waals surface area contributed by atoms with Gasteiger partial charge in [0.1, 0.15) is 0 Å². The van der Waals surface area contributed by atoms with Crippen LogP contribution in [0.3, 0.4) is 0 Å². The second-order valence-electron chi connectivity index (χ2n) is 7.97. The van der Waals surface area contributed by atoms with Gasteiger partial charge in [-0.15, -0.1) is 0 Å². The van der Waals surface area contributed by atoms with Gasteiger partial charge in [-0.3, -0.25) is 4.79 Å². The molecule has 1 amide bonds. The average Bonchev–Trinajstić information content (AvgIpc) is 2.72. The molecule has 0 bridgehead atoms. The highest BCUT2D eigenvalue weighted by molar-refractivity contribution is 7.89. The molecule has 29 heavy (non-hydrogen) atoms. The van der Waals surface area contributed by atoms with Crippen LogP contribution in [0.15, 0.2) is 29.2 Å². The summed E-state index contributed by atoms with van der Waals surface area (Å²) in [5.74, 6) is -1.03. The van der Waals surface area contributed by atoms with E-state index in [4.69, 9.17) is 4.74 Å². The molecule has 8 heteroatoms. The Morgan fingerprint density at radius 3 is 2.28 bits per heavy atom. The van der Waals surface area contributed by atoms with Gasteiger partial charge in [-0.25, -0.2) is 13.2 Å². The van der Waals surface area contributed by atoms with E-state index >= 15 is 0 Å². The molecule has 0 N–H and O–H groups in total. The summed E-state index contributed by atoms with van der Waals surface area (Å²) in [4.78, 5) is 27.0. The van der Waals surface area contributed by atoms with E-state index in [-0.39, 0.29) is 35.1 Å².